The number of rotatable bonds is 8. The van der Waals surface area contributed by atoms with Crippen molar-refractivity contribution in [3.05, 3.63) is 96.1 Å². The van der Waals surface area contributed by atoms with Gasteiger partial charge in [-0.2, -0.15) is 4.98 Å². The van der Waals surface area contributed by atoms with Gasteiger partial charge in [-0.3, -0.25) is 4.98 Å². The Hall–Kier alpha value is -3.91. The van der Waals surface area contributed by atoms with E-state index in [-0.39, 0.29) is 21.7 Å². The van der Waals surface area contributed by atoms with Crippen molar-refractivity contribution in [2.24, 2.45) is 0 Å². The number of hydrogen-bond acceptors (Lipinski definition) is 7. The van der Waals surface area contributed by atoms with Crippen LogP contribution in [0.25, 0.3) is 12.2 Å². The van der Waals surface area contributed by atoms with Gasteiger partial charge in [0.2, 0.25) is 26.6 Å². The van der Waals surface area contributed by atoms with E-state index in [1.807, 2.05) is 30.3 Å². The molecule has 0 unspecified atom stereocenters. The molecule has 7 nitrogen and oxygen atoms in total. The fourth-order valence-electron chi connectivity index (χ4n) is 3.00. The highest BCUT2D eigenvalue weighted by molar-refractivity contribution is 7.91. The van der Waals surface area contributed by atoms with Crippen LogP contribution in [0, 0.1) is 0 Å². The van der Waals surface area contributed by atoms with Crippen molar-refractivity contribution >= 4 is 27.9 Å². The van der Waals surface area contributed by atoms with Crippen LogP contribution in [-0.4, -0.2) is 25.5 Å². The Kier molecular flexibility index (Phi) is 6.32. The third-order valence-corrected chi connectivity index (χ3v) is 6.29. The maximum absolute atomic E-state index is 13.2. The van der Waals surface area contributed by atoms with Gasteiger partial charge >= 0.3 is 0 Å². The summed E-state index contributed by atoms with van der Waals surface area (Å²) >= 11 is 0. The predicted molar refractivity (Wildman–Crippen MR) is 122 cm³/mol. The molecule has 0 saturated heterocycles. The first-order chi connectivity index (χ1) is 15.6. The van der Waals surface area contributed by atoms with Crippen LogP contribution in [0.15, 0.2) is 93.5 Å². The van der Waals surface area contributed by atoms with E-state index in [0.717, 1.165) is 11.1 Å². The smallest absolute Gasteiger partial charge is 0.234 e. The van der Waals surface area contributed by atoms with Crippen LogP contribution in [-0.2, 0) is 16.4 Å². The zero-order chi connectivity index (χ0) is 22.4. The van der Waals surface area contributed by atoms with E-state index >= 15 is 0 Å². The Labute approximate surface area is 186 Å². The number of nitrogens with zero attached hydrogens (tertiary/aromatic N) is 2. The summed E-state index contributed by atoms with van der Waals surface area (Å²) in [4.78, 5) is 8.49. The first-order valence-corrected chi connectivity index (χ1v) is 11.3. The minimum absolute atomic E-state index is 0.0722. The fourth-order valence-corrected chi connectivity index (χ4v) is 4.30. The van der Waals surface area contributed by atoms with Gasteiger partial charge < -0.3 is 14.5 Å². The van der Waals surface area contributed by atoms with Gasteiger partial charge in [-0.05, 0) is 47.5 Å². The standard InChI is InChI=1S/C24H21N3O4S/c1-30-20-9-5-7-18(15-20)12-13-22-27-24(32(28,29)21-10-3-2-4-11-21)23(31-22)26-17-19-8-6-14-25-16-19/h2-16,26H,17H2,1H3/b13-12+. The second kappa shape index (κ2) is 9.49. The van der Waals surface area contributed by atoms with Crippen LogP contribution in [0.1, 0.15) is 17.0 Å². The van der Waals surface area contributed by atoms with E-state index in [1.54, 1.807) is 55.9 Å². The molecule has 2 aromatic heterocycles. The van der Waals surface area contributed by atoms with Crippen molar-refractivity contribution in [1.82, 2.24) is 9.97 Å². The average Bonchev–Trinajstić information content (AvgIpc) is 3.27. The highest BCUT2D eigenvalue weighted by atomic mass is 32.2. The number of nitrogens with one attached hydrogen (secondary N) is 1. The zero-order valence-corrected chi connectivity index (χ0v) is 18.1. The van der Waals surface area contributed by atoms with Gasteiger partial charge in [0, 0.05) is 25.0 Å². The molecule has 0 fully saturated rings. The molecule has 0 spiro atoms. The number of methoxy groups -OCH3 is 1. The summed E-state index contributed by atoms with van der Waals surface area (Å²) in [6.07, 6.45) is 6.76. The second-order valence-corrected chi connectivity index (χ2v) is 8.69. The van der Waals surface area contributed by atoms with Gasteiger partial charge in [-0.15, -0.1) is 0 Å². The van der Waals surface area contributed by atoms with Crippen LogP contribution in [0.5, 0.6) is 5.75 Å². The molecule has 8 heteroatoms. The maximum atomic E-state index is 13.2. The molecule has 0 aliphatic carbocycles. The molecule has 0 aliphatic rings. The molecule has 162 valence electrons. The molecule has 2 aromatic carbocycles. The topological polar surface area (TPSA) is 94.3 Å². The van der Waals surface area contributed by atoms with Crippen LogP contribution in [0.2, 0.25) is 0 Å². The van der Waals surface area contributed by atoms with Crippen molar-refractivity contribution in [3.8, 4) is 5.75 Å². The Morgan fingerprint density at radius 1 is 1.03 bits per heavy atom. The van der Waals surface area contributed by atoms with Gasteiger partial charge in [0.1, 0.15) is 5.75 Å². The van der Waals surface area contributed by atoms with E-state index in [1.165, 1.54) is 12.1 Å². The lowest BCUT2D eigenvalue weighted by Gasteiger charge is -2.06. The summed E-state index contributed by atoms with van der Waals surface area (Å²) in [5.74, 6) is 0.949. The third-order valence-electron chi connectivity index (χ3n) is 4.61. The van der Waals surface area contributed by atoms with Crippen molar-refractivity contribution < 1.29 is 17.6 Å². The van der Waals surface area contributed by atoms with E-state index in [0.29, 0.717) is 12.3 Å². The van der Waals surface area contributed by atoms with Crippen molar-refractivity contribution in [1.29, 1.82) is 0 Å². The first kappa shape index (κ1) is 21.3. The van der Waals surface area contributed by atoms with Gasteiger partial charge in [0.05, 0.1) is 12.0 Å². The summed E-state index contributed by atoms with van der Waals surface area (Å²) in [6.45, 7) is 0.333. The fraction of sp³-hybridized carbons (Fsp3) is 0.0833. The van der Waals surface area contributed by atoms with Gasteiger partial charge in [0.15, 0.2) is 0 Å². The van der Waals surface area contributed by atoms with Crippen molar-refractivity contribution in [2.45, 2.75) is 16.5 Å². The van der Waals surface area contributed by atoms with E-state index in [4.69, 9.17) is 9.15 Å². The predicted octanol–water partition coefficient (Wildman–Crippen LogP) is 4.69. The molecule has 0 aliphatic heterocycles. The lowest BCUT2D eigenvalue weighted by atomic mass is 10.2. The molecule has 2 heterocycles. The number of sulfone groups is 1. The zero-order valence-electron chi connectivity index (χ0n) is 17.3. The molecular formula is C24H21N3O4S. The maximum Gasteiger partial charge on any atom is 0.234 e. The number of pyridine rings is 1. The molecule has 0 amide bonds. The summed E-state index contributed by atoms with van der Waals surface area (Å²) in [7, 11) is -2.29. The summed E-state index contributed by atoms with van der Waals surface area (Å²) < 4.78 is 37.5. The van der Waals surface area contributed by atoms with Gasteiger partial charge in [-0.25, -0.2) is 8.42 Å². The third kappa shape index (κ3) is 4.87. The molecular weight excluding hydrogens is 426 g/mol. The second-order valence-electron chi connectivity index (χ2n) is 6.83. The molecule has 0 saturated carbocycles. The molecule has 4 rings (SSSR count). The SMILES string of the molecule is COc1cccc(/C=C/c2nc(S(=O)(=O)c3ccccc3)c(NCc3cccnc3)o2)c1. The first-order valence-electron chi connectivity index (χ1n) is 9.82. The highest BCUT2D eigenvalue weighted by Crippen LogP contribution is 2.29. The lowest BCUT2D eigenvalue weighted by molar-refractivity contribution is 0.414. The molecule has 0 radical (unpaired) electrons. The lowest BCUT2D eigenvalue weighted by Crippen LogP contribution is -2.07. The Balaban J connectivity index is 1.68. The summed E-state index contributed by atoms with van der Waals surface area (Å²) in [5.41, 5.74) is 1.74. The Morgan fingerprint density at radius 2 is 1.88 bits per heavy atom. The molecule has 32 heavy (non-hydrogen) atoms. The van der Waals surface area contributed by atoms with Gasteiger partial charge in [0.25, 0.3) is 0 Å². The molecule has 4 aromatic rings. The van der Waals surface area contributed by atoms with Crippen LogP contribution in [0.4, 0.5) is 5.88 Å². The minimum atomic E-state index is -3.88. The summed E-state index contributed by atoms with van der Waals surface area (Å²) in [6, 6.07) is 19.3. The van der Waals surface area contributed by atoms with Crippen molar-refractivity contribution in [2.75, 3.05) is 12.4 Å². The highest BCUT2D eigenvalue weighted by Gasteiger charge is 2.27. The monoisotopic (exact) mass is 447 g/mol. The number of aromatic nitrogens is 2. The van der Waals surface area contributed by atoms with Crippen molar-refractivity contribution in [3.63, 3.8) is 0 Å². The normalized spacial score (nSPS) is 11.5. The number of anilines is 1. The summed E-state index contributed by atoms with van der Waals surface area (Å²) in [5, 5.41) is 2.87. The largest absolute Gasteiger partial charge is 0.497 e. The van der Waals surface area contributed by atoms with Gasteiger partial charge in [-0.1, -0.05) is 36.4 Å². The Bertz CT molecular complexity index is 1320. The molecule has 0 bridgehead atoms. The number of oxazole rings is 1. The quantitative estimate of drug-likeness (QED) is 0.419. The average molecular weight is 448 g/mol. The van der Waals surface area contributed by atoms with Crippen LogP contribution in [0.3, 0.4) is 0 Å². The Morgan fingerprint density at radius 3 is 2.62 bits per heavy atom. The number of ether oxygens (including phenoxy) is 1. The van der Waals surface area contributed by atoms with E-state index < -0.39 is 9.84 Å². The minimum Gasteiger partial charge on any atom is -0.497 e. The number of benzene rings is 2. The molecule has 0 atom stereocenters. The van der Waals surface area contributed by atoms with Crippen LogP contribution >= 0.6 is 0 Å². The van der Waals surface area contributed by atoms with Crippen LogP contribution < -0.4 is 10.1 Å². The van der Waals surface area contributed by atoms with E-state index in [2.05, 4.69) is 15.3 Å². The van der Waals surface area contributed by atoms with E-state index in [9.17, 15) is 8.42 Å². The number of hydrogen-bond donors (Lipinski definition) is 1. The molecule has 1 N–H and O–H groups in total.